The highest BCUT2D eigenvalue weighted by Gasteiger charge is 2.78. The second kappa shape index (κ2) is 12.8. The predicted molar refractivity (Wildman–Crippen MR) is 139 cm³/mol. The number of carbonyl (C=O) groups is 4. The lowest BCUT2D eigenvalue weighted by atomic mass is 9.44. The van der Waals surface area contributed by atoms with E-state index in [1.165, 1.54) is 26.0 Å². The standard InChI is InChI=1S/C27H44N2O10/c1-7-8-9-14-38-23(34)39-17-10-11-18(20(31)28-15-17)29-21(32)19(37-6)27(36)22(33)26(35,25(27,4)5)13-12-24(2,3)16-30/h12-13,16-19,22,33,35-36H,7-11,14-15H2,1-6H3,(H,28,31)(H,29,32)/t17-,18+,19+,22+,26+,27+/m1/s1. The van der Waals surface area contributed by atoms with Crippen LogP contribution in [-0.4, -0.2) is 95.4 Å². The molecule has 6 atom stereocenters. The summed E-state index contributed by atoms with van der Waals surface area (Å²) >= 11 is 0. The third-order valence-corrected chi connectivity index (χ3v) is 7.93. The lowest BCUT2D eigenvalue weighted by Crippen LogP contribution is -2.86. The normalized spacial score (nSPS) is 31.4. The summed E-state index contributed by atoms with van der Waals surface area (Å²) in [5.74, 6) is -1.39. The molecule has 0 radical (unpaired) electrons. The molecule has 12 nitrogen and oxygen atoms in total. The monoisotopic (exact) mass is 556 g/mol. The number of aliphatic hydroxyl groups excluding tert-OH is 1. The van der Waals surface area contributed by atoms with Gasteiger partial charge in [-0.2, -0.15) is 0 Å². The van der Waals surface area contributed by atoms with E-state index in [0.717, 1.165) is 26.4 Å². The predicted octanol–water partition coefficient (Wildman–Crippen LogP) is 0.752. The molecule has 1 heterocycles. The van der Waals surface area contributed by atoms with E-state index in [4.69, 9.17) is 14.2 Å². The molecule has 0 unspecified atom stereocenters. The van der Waals surface area contributed by atoms with E-state index in [1.54, 1.807) is 13.8 Å². The Morgan fingerprint density at radius 2 is 1.90 bits per heavy atom. The summed E-state index contributed by atoms with van der Waals surface area (Å²) in [7, 11) is 1.16. The fourth-order valence-corrected chi connectivity index (χ4v) is 4.99. The maximum atomic E-state index is 13.2. The first-order valence-corrected chi connectivity index (χ1v) is 13.3. The molecule has 0 bridgehead atoms. The molecule has 0 aromatic rings. The van der Waals surface area contributed by atoms with Gasteiger partial charge in [-0.05, 0) is 33.1 Å². The van der Waals surface area contributed by atoms with Crippen molar-refractivity contribution in [2.45, 2.75) is 102 Å². The van der Waals surface area contributed by atoms with Gasteiger partial charge >= 0.3 is 6.16 Å². The number of hydrogen-bond donors (Lipinski definition) is 5. The van der Waals surface area contributed by atoms with Crippen molar-refractivity contribution in [3.63, 3.8) is 0 Å². The average Bonchev–Trinajstić information content (AvgIpc) is 3.05. The van der Waals surface area contributed by atoms with Gasteiger partial charge in [-0.1, -0.05) is 45.8 Å². The molecule has 1 saturated heterocycles. The summed E-state index contributed by atoms with van der Waals surface area (Å²) < 4.78 is 15.6. The van der Waals surface area contributed by atoms with Crippen molar-refractivity contribution >= 4 is 24.3 Å². The van der Waals surface area contributed by atoms with Crippen LogP contribution >= 0.6 is 0 Å². The van der Waals surface area contributed by atoms with Crippen LogP contribution in [0.1, 0.15) is 66.7 Å². The molecule has 222 valence electrons. The van der Waals surface area contributed by atoms with Gasteiger partial charge in [-0.25, -0.2) is 4.79 Å². The van der Waals surface area contributed by atoms with Crippen molar-refractivity contribution < 1.29 is 48.7 Å². The van der Waals surface area contributed by atoms with Crippen LogP contribution in [0, 0.1) is 10.8 Å². The number of unbranched alkanes of at least 4 members (excludes halogenated alkanes) is 2. The average molecular weight is 557 g/mol. The third-order valence-electron chi connectivity index (χ3n) is 7.93. The molecule has 0 aromatic heterocycles. The number of methoxy groups -OCH3 is 1. The van der Waals surface area contributed by atoms with Crippen LogP contribution in [0.2, 0.25) is 0 Å². The Hall–Kier alpha value is -2.54. The number of hydrogen-bond acceptors (Lipinski definition) is 10. The number of aliphatic hydroxyl groups is 3. The van der Waals surface area contributed by atoms with E-state index in [0.29, 0.717) is 6.29 Å². The lowest BCUT2D eigenvalue weighted by Gasteiger charge is -2.67. The summed E-state index contributed by atoms with van der Waals surface area (Å²) in [6.07, 6.45) is 1.37. The smallest absolute Gasteiger partial charge is 0.434 e. The van der Waals surface area contributed by atoms with Crippen molar-refractivity contribution in [3.05, 3.63) is 12.2 Å². The Kier molecular flexibility index (Phi) is 10.7. The van der Waals surface area contributed by atoms with Gasteiger partial charge < -0.3 is 45.0 Å². The number of ether oxygens (including phenoxy) is 3. The van der Waals surface area contributed by atoms with Gasteiger partial charge in [-0.15, -0.1) is 0 Å². The first-order valence-electron chi connectivity index (χ1n) is 13.3. The van der Waals surface area contributed by atoms with Crippen molar-refractivity contribution in [1.82, 2.24) is 10.6 Å². The van der Waals surface area contributed by atoms with Gasteiger partial charge in [0.1, 0.15) is 35.7 Å². The Labute approximate surface area is 229 Å². The maximum absolute atomic E-state index is 13.2. The SMILES string of the molecule is CCCCCOC(=O)O[C@@H]1CC[C@H](NC(=O)[C@H](OC)[C@]2(O)[C@@H](O)[C@@](O)(C=CC(C)(C)C=O)C2(C)C)C(=O)NC1. The largest absolute Gasteiger partial charge is 0.508 e. The van der Waals surface area contributed by atoms with Gasteiger partial charge in [0.15, 0.2) is 6.10 Å². The van der Waals surface area contributed by atoms with Gasteiger partial charge in [-0.3, -0.25) is 9.59 Å². The third kappa shape index (κ3) is 6.62. The second-order valence-corrected chi connectivity index (χ2v) is 11.5. The fourth-order valence-electron chi connectivity index (χ4n) is 4.99. The summed E-state index contributed by atoms with van der Waals surface area (Å²) in [5, 5.41) is 38.7. The van der Waals surface area contributed by atoms with Gasteiger partial charge in [0, 0.05) is 17.9 Å². The molecule has 2 rings (SSSR count). The fraction of sp³-hybridized carbons (Fsp3) is 0.778. The minimum Gasteiger partial charge on any atom is -0.434 e. The number of rotatable bonds is 12. The van der Waals surface area contributed by atoms with Crippen molar-refractivity contribution in [2.24, 2.45) is 10.8 Å². The quantitative estimate of drug-likeness (QED) is 0.0996. The Morgan fingerprint density at radius 1 is 1.23 bits per heavy atom. The van der Waals surface area contributed by atoms with Gasteiger partial charge in [0.25, 0.3) is 5.91 Å². The van der Waals surface area contributed by atoms with Crippen LogP contribution in [0.4, 0.5) is 4.79 Å². The zero-order chi connectivity index (χ0) is 29.6. The van der Waals surface area contributed by atoms with Gasteiger partial charge in [0.05, 0.1) is 13.2 Å². The zero-order valence-electron chi connectivity index (χ0n) is 23.7. The molecular formula is C27H44N2O10. The maximum Gasteiger partial charge on any atom is 0.508 e. The number of nitrogens with one attached hydrogen (secondary N) is 2. The highest BCUT2D eigenvalue weighted by atomic mass is 16.7. The molecule has 0 aromatic carbocycles. The van der Waals surface area contributed by atoms with E-state index < -0.39 is 64.4 Å². The van der Waals surface area contributed by atoms with Crippen molar-refractivity contribution in [1.29, 1.82) is 0 Å². The van der Waals surface area contributed by atoms with Crippen LogP contribution in [-0.2, 0) is 28.6 Å². The van der Waals surface area contributed by atoms with E-state index in [2.05, 4.69) is 10.6 Å². The minimum atomic E-state index is -2.25. The molecule has 39 heavy (non-hydrogen) atoms. The van der Waals surface area contributed by atoms with Crippen LogP contribution in [0.3, 0.4) is 0 Å². The van der Waals surface area contributed by atoms with Crippen molar-refractivity contribution in [2.75, 3.05) is 20.3 Å². The molecule has 2 amide bonds. The Bertz CT molecular complexity index is 936. The zero-order valence-corrected chi connectivity index (χ0v) is 23.7. The summed E-state index contributed by atoms with van der Waals surface area (Å²) in [6.45, 7) is 8.45. The van der Waals surface area contributed by atoms with Gasteiger partial charge in [0.2, 0.25) is 5.91 Å². The Morgan fingerprint density at radius 3 is 2.46 bits per heavy atom. The summed E-state index contributed by atoms with van der Waals surface area (Å²) in [6, 6.07) is -1.03. The lowest BCUT2D eigenvalue weighted by molar-refractivity contribution is -0.359. The molecule has 2 fully saturated rings. The van der Waals surface area contributed by atoms with E-state index in [9.17, 15) is 34.5 Å². The number of aldehydes is 1. The second-order valence-electron chi connectivity index (χ2n) is 11.5. The van der Waals surface area contributed by atoms with E-state index in [-0.39, 0.29) is 26.0 Å². The molecule has 5 N–H and O–H groups in total. The molecule has 1 aliphatic carbocycles. The molecule has 1 aliphatic heterocycles. The summed E-state index contributed by atoms with van der Waals surface area (Å²) in [5.41, 5.74) is -6.66. The molecule has 1 saturated carbocycles. The first kappa shape index (κ1) is 32.7. The molecular weight excluding hydrogens is 512 g/mol. The highest BCUT2D eigenvalue weighted by Crippen LogP contribution is 2.60. The molecule has 0 spiro atoms. The van der Waals surface area contributed by atoms with E-state index >= 15 is 0 Å². The van der Waals surface area contributed by atoms with Crippen LogP contribution < -0.4 is 10.6 Å². The first-order chi connectivity index (χ1) is 18.1. The topological polar surface area (TPSA) is 181 Å². The highest BCUT2D eigenvalue weighted by molar-refractivity contribution is 5.90. The summed E-state index contributed by atoms with van der Waals surface area (Å²) in [4.78, 5) is 49.1. The van der Waals surface area contributed by atoms with Crippen LogP contribution in [0.15, 0.2) is 12.2 Å². The van der Waals surface area contributed by atoms with E-state index in [1.807, 2.05) is 6.92 Å². The molecule has 12 heteroatoms. The van der Waals surface area contributed by atoms with Crippen molar-refractivity contribution in [3.8, 4) is 0 Å². The molecule has 2 aliphatic rings. The minimum absolute atomic E-state index is 0.0369. The van der Waals surface area contributed by atoms with Crippen LogP contribution in [0.25, 0.3) is 0 Å². The number of carbonyl (C=O) groups excluding carboxylic acids is 4. The van der Waals surface area contributed by atoms with Crippen LogP contribution in [0.5, 0.6) is 0 Å². The number of allylic oxidation sites excluding steroid dienone is 1. The Balaban J connectivity index is 2.07. The number of amides is 2.